The van der Waals surface area contributed by atoms with Crippen molar-refractivity contribution in [3.63, 3.8) is 0 Å². The topological polar surface area (TPSA) is 32.7 Å². The molecule has 0 bridgehead atoms. The second kappa shape index (κ2) is 7.97. The van der Waals surface area contributed by atoms with E-state index in [4.69, 9.17) is 23.2 Å². The Bertz CT molecular complexity index is 1070. The molecule has 1 aliphatic rings. The van der Waals surface area contributed by atoms with Gasteiger partial charge in [-0.2, -0.15) is 5.10 Å². The Hall–Kier alpha value is -2.69. The van der Waals surface area contributed by atoms with Gasteiger partial charge >= 0.3 is 0 Å². The van der Waals surface area contributed by atoms with Gasteiger partial charge in [-0.3, -0.25) is 4.79 Å². The van der Waals surface area contributed by atoms with E-state index in [0.29, 0.717) is 33.3 Å². The van der Waals surface area contributed by atoms with Crippen molar-refractivity contribution >= 4 is 34.8 Å². The van der Waals surface area contributed by atoms with Gasteiger partial charge in [0.1, 0.15) is 5.82 Å². The lowest BCUT2D eigenvalue weighted by Crippen LogP contribution is -2.27. The van der Waals surface area contributed by atoms with E-state index in [0.717, 1.165) is 11.1 Å². The van der Waals surface area contributed by atoms with Gasteiger partial charge in [0.2, 0.25) is 0 Å². The number of halogens is 3. The summed E-state index contributed by atoms with van der Waals surface area (Å²) in [5.74, 6) is -0.575. The van der Waals surface area contributed by atoms with E-state index in [1.165, 1.54) is 17.1 Å². The molecular weight excluding hydrogens is 410 g/mol. The van der Waals surface area contributed by atoms with Gasteiger partial charge in [-0.15, -0.1) is 0 Å². The largest absolute Gasteiger partial charge is 0.274 e. The summed E-state index contributed by atoms with van der Waals surface area (Å²) >= 11 is 12.9. The zero-order valence-electron chi connectivity index (χ0n) is 15.6. The van der Waals surface area contributed by atoms with E-state index in [1.54, 1.807) is 42.5 Å². The van der Waals surface area contributed by atoms with E-state index in [-0.39, 0.29) is 11.7 Å². The predicted molar refractivity (Wildman–Crippen MR) is 114 cm³/mol. The molecule has 1 amide bonds. The molecule has 29 heavy (non-hydrogen) atoms. The summed E-state index contributed by atoms with van der Waals surface area (Å²) in [6.45, 7) is 1.96. The third-order valence-corrected chi connectivity index (χ3v) is 5.59. The van der Waals surface area contributed by atoms with Crippen LogP contribution in [0.5, 0.6) is 0 Å². The zero-order chi connectivity index (χ0) is 20.5. The molecule has 0 aliphatic carbocycles. The van der Waals surface area contributed by atoms with E-state index in [9.17, 15) is 9.18 Å². The van der Waals surface area contributed by atoms with Crippen molar-refractivity contribution in [3.05, 3.63) is 105 Å². The first-order valence-electron chi connectivity index (χ1n) is 9.11. The fourth-order valence-electron chi connectivity index (χ4n) is 3.40. The SMILES string of the molecule is Cc1ccc(C(=O)N2N=C(c3ccc(F)cc3)CC2c2c(Cl)cccc2Cl)cc1. The Kier molecular flexibility index (Phi) is 5.39. The molecule has 1 heterocycles. The quantitative estimate of drug-likeness (QED) is 0.474. The Morgan fingerprint density at radius 3 is 2.24 bits per heavy atom. The van der Waals surface area contributed by atoms with Gasteiger partial charge in [0.15, 0.2) is 0 Å². The van der Waals surface area contributed by atoms with E-state index < -0.39 is 6.04 Å². The number of carbonyl (C=O) groups is 1. The van der Waals surface area contributed by atoms with Gasteiger partial charge in [-0.1, -0.05) is 59.1 Å². The molecule has 3 aromatic rings. The number of hydrogen-bond acceptors (Lipinski definition) is 2. The van der Waals surface area contributed by atoms with Gasteiger partial charge in [0.05, 0.1) is 11.8 Å². The molecule has 0 spiro atoms. The van der Waals surface area contributed by atoms with Crippen molar-refractivity contribution in [2.45, 2.75) is 19.4 Å². The summed E-state index contributed by atoms with van der Waals surface area (Å²) in [5.41, 5.74) is 3.65. The molecule has 3 nitrogen and oxygen atoms in total. The molecule has 1 aliphatic heterocycles. The minimum Gasteiger partial charge on any atom is -0.267 e. The molecule has 3 aromatic carbocycles. The average Bonchev–Trinajstić information content (AvgIpc) is 3.13. The molecule has 6 heteroatoms. The summed E-state index contributed by atoms with van der Waals surface area (Å²) < 4.78 is 13.3. The maximum Gasteiger partial charge on any atom is 0.274 e. The fourth-order valence-corrected chi connectivity index (χ4v) is 4.05. The van der Waals surface area contributed by atoms with Crippen LogP contribution < -0.4 is 0 Å². The summed E-state index contributed by atoms with van der Waals surface area (Å²) in [7, 11) is 0. The highest BCUT2D eigenvalue weighted by Crippen LogP contribution is 2.40. The van der Waals surface area contributed by atoms with Crippen LogP contribution in [0.4, 0.5) is 4.39 Å². The number of amides is 1. The summed E-state index contributed by atoms with van der Waals surface area (Å²) in [4.78, 5) is 13.3. The van der Waals surface area contributed by atoms with E-state index >= 15 is 0 Å². The lowest BCUT2D eigenvalue weighted by molar-refractivity contribution is 0.0711. The normalized spacial score (nSPS) is 16.1. The number of carbonyl (C=O) groups excluding carboxylic acids is 1. The van der Waals surface area contributed by atoms with Gasteiger partial charge in [-0.05, 0) is 48.9 Å². The smallest absolute Gasteiger partial charge is 0.267 e. The van der Waals surface area contributed by atoms with Crippen molar-refractivity contribution in [1.29, 1.82) is 0 Å². The van der Waals surface area contributed by atoms with Crippen LogP contribution in [0.3, 0.4) is 0 Å². The standard InChI is InChI=1S/C23H17Cl2FN2O/c1-14-5-7-16(8-6-14)23(29)28-21(22-18(24)3-2-4-19(22)25)13-20(27-28)15-9-11-17(26)12-10-15/h2-12,21H,13H2,1H3. The molecule has 0 saturated heterocycles. The number of rotatable bonds is 3. The second-order valence-electron chi connectivity index (χ2n) is 6.92. The number of nitrogens with zero attached hydrogens (tertiary/aromatic N) is 2. The molecular formula is C23H17Cl2FN2O. The number of hydrogen-bond donors (Lipinski definition) is 0. The van der Waals surface area contributed by atoms with Crippen molar-refractivity contribution in [2.24, 2.45) is 5.10 Å². The minimum absolute atomic E-state index is 0.247. The highest BCUT2D eigenvalue weighted by atomic mass is 35.5. The molecule has 1 atom stereocenters. The zero-order valence-corrected chi connectivity index (χ0v) is 17.1. The van der Waals surface area contributed by atoms with Crippen molar-refractivity contribution in [3.8, 4) is 0 Å². The highest BCUT2D eigenvalue weighted by molar-refractivity contribution is 6.36. The van der Waals surface area contributed by atoms with Crippen LogP contribution in [0.15, 0.2) is 71.8 Å². The first-order valence-corrected chi connectivity index (χ1v) is 9.87. The molecule has 0 N–H and O–H groups in total. The summed E-state index contributed by atoms with van der Waals surface area (Å²) in [6, 6.07) is 18.2. The van der Waals surface area contributed by atoms with Crippen LogP contribution in [0.1, 0.15) is 39.5 Å². The Morgan fingerprint density at radius 1 is 1.00 bits per heavy atom. The molecule has 0 radical (unpaired) electrons. The minimum atomic E-state index is -0.454. The lowest BCUT2D eigenvalue weighted by atomic mass is 9.98. The van der Waals surface area contributed by atoms with Gasteiger partial charge in [0, 0.05) is 27.6 Å². The van der Waals surface area contributed by atoms with Crippen LogP contribution in [-0.2, 0) is 0 Å². The van der Waals surface area contributed by atoms with Crippen molar-refractivity contribution in [1.82, 2.24) is 5.01 Å². The maximum absolute atomic E-state index is 13.3. The van der Waals surface area contributed by atoms with Gasteiger partial charge in [-0.25, -0.2) is 9.40 Å². The van der Waals surface area contributed by atoms with E-state index in [2.05, 4.69) is 5.10 Å². The van der Waals surface area contributed by atoms with Crippen LogP contribution in [0.25, 0.3) is 0 Å². The summed E-state index contributed by atoms with van der Waals surface area (Å²) in [5, 5.41) is 6.96. The van der Waals surface area contributed by atoms with Gasteiger partial charge in [0.25, 0.3) is 5.91 Å². The number of aryl methyl sites for hydroxylation is 1. The van der Waals surface area contributed by atoms with Crippen LogP contribution in [-0.4, -0.2) is 16.6 Å². The van der Waals surface area contributed by atoms with Gasteiger partial charge < -0.3 is 0 Å². The Balaban J connectivity index is 1.78. The van der Waals surface area contributed by atoms with Crippen LogP contribution >= 0.6 is 23.2 Å². The lowest BCUT2D eigenvalue weighted by Gasteiger charge is -2.24. The molecule has 146 valence electrons. The molecule has 0 saturated carbocycles. The van der Waals surface area contributed by atoms with Crippen molar-refractivity contribution < 1.29 is 9.18 Å². The average molecular weight is 427 g/mol. The Labute approximate surface area is 178 Å². The number of hydrazone groups is 1. The monoisotopic (exact) mass is 426 g/mol. The Morgan fingerprint density at radius 2 is 1.62 bits per heavy atom. The highest BCUT2D eigenvalue weighted by Gasteiger charge is 2.36. The second-order valence-corrected chi connectivity index (χ2v) is 7.74. The third-order valence-electron chi connectivity index (χ3n) is 4.93. The molecule has 1 unspecified atom stereocenters. The molecule has 0 fully saturated rings. The predicted octanol–water partition coefficient (Wildman–Crippen LogP) is 6.43. The van der Waals surface area contributed by atoms with Crippen LogP contribution in [0, 0.1) is 12.7 Å². The number of benzene rings is 3. The molecule has 4 rings (SSSR count). The summed E-state index contributed by atoms with van der Waals surface area (Å²) in [6.07, 6.45) is 0.423. The molecule has 0 aromatic heterocycles. The fraction of sp³-hybridized carbons (Fsp3) is 0.130. The van der Waals surface area contributed by atoms with Crippen molar-refractivity contribution in [2.75, 3.05) is 0 Å². The first-order chi connectivity index (χ1) is 13.9. The van der Waals surface area contributed by atoms with Crippen LogP contribution in [0.2, 0.25) is 10.0 Å². The van der Waals surface area contributed by atoms with E-state index in [1.807, 2.05) is 19.1 Å². The first kappa shape index (κ1) is 19.6. The maximum atomic E-state index is 13.3. The third kappa shape index (κ3) is 3.91.